The van der Waals surface area contributed by atoms with Gasteiger partial charge in [0.25, 0.3) is 0 Å². The molecule has 2 heterocycles. The van der Waals surface area contributed by atoms with E-state index < -0.39 is 0 Å². The molecule has 2 aliphatic rings. The summed E-state index contributed by atoms with van der Waals surface area (Å²) in [5.74, 6) is 1.29. The molecule has 2 rings (SSSR count). The lowest BCUT2D eigenvalue weighted by molar-refractivity contribution is -0.135. The van der Waals surface area contributed by atoms with Crippen molar-refractivity contribution in [1.29, 1.82) is 0 Å². The zero-order valence-corrected chi connectivity index (χ0v) is 18.7. The zero-order chi connectivity index (χ0) is 20.9. The molecular formula is C21H41N5O3. The van der Waals surface area contributed by atoms with Crippen molar-refractivity contribution in [3.05, 3.63) is 0 Å². The van der Waals surface area contributed by atoms with Gasteiger partial charge in [-0.05, 0) is 39.5 Å². The number of piperazine rings is 1. The molecule has 0 aliphatic carbocycles. The van der Waals surface area contributed by atoms with Crippen molar-refractivity contribution in [2.24, 2.45) is 4.99 Å². The molecule has 8 heteroatoms. The van der Waals surface area contributed by atoms with Gasteiger partial charge in [-0.3, -0.25) is 14.7 Å². The van der Waals surface area contributed by atoms with E-state index >= 15 is 0 Å². The van der Waals surface area contributed by atoms with Crippen molar-refractivity contribution in [3.63, 3.8) is 0 Å². The molecule has 1 unspecified atom stereocenters. The number of guanidine groups is 1. The molecule has 0 aromatic rings. The van der Waals surface area contributed by atoms with Crippen LogP contribution in [0.2, 0.25) is 0 Å². The predicted octanol–water partition coefficient (Wildman–Crippen LogP) is 1.02. The van der Waals surface area contributed by atoms with Crippen molar-refractivity contribution in [3.8, 4) is 0 Å². The Morgan fingerprint density at radius 3 is 2.38 bits per heavy atom. The lowest BCUT2D eigenvalue weighted by atomic mass is 10.2. The number of unbranched alkanes of at least 4 members (excludes halogenated alkanes) is 1. The van der Waals surface area contributed by atoms with Gasteiger partial charge in [0.05, 0.1) is 19.3 Å². The van der Waals surface area contributed by atoms with Crippen LogP contribution in [0.5, 0.6) is 0 Å². The smallest absolute Gasteiger partial charge is 0.239 e. The van der Waals surface area contributed by atoms with E-state index in [2.05, 4.69) is 29.0 Å². The molecule has 0 bridgehead atoms. The van der Waals surface area contributed by atoms with Crippen LogP contribution in [-0.4, -0.2) is 112 Å². The van der Waals surface area contributed by atoms with Crippen LogP contribution in [0.4, 0.5) is 0 Å². The van der Waals surface area contributed by atoms with E-state index in [1.165, 1.54) is 0 Å². The fourth-order valence-electron chi connectivity index (χ4n) is 3.85. The van der Waals surface area contributed by atoms with Crippen LogP contribution < -0.4 is 5.32 Å². The summed E-state index contributed by atoms with van der Waals surface area (Å²) in [5.41, 5.74) is 0. The van der Waals surface area contributed by atoms with Gasteiger partial charge in [-0.2, -0.15) is 0 Å². The summed E-state index contributed by atoms with van der Waals surface area (Å²) in [4.78, 5) is 24.1. The van der Waals surface area contributed by atoms with Gasteiger partial charge in [0, 0.05) is 66.1 Å². The Morgan fingerprint density at radius 1 is 1.00 bits per heavy atom. The topological polar surface area (TPSA) is 69.6 Å². The first-order valence-corrected chi connectivity index (χ1v) is 11.3. The molecule has 0 aromatic heterocycles. The quantitative estimate of drug-likeness (QED) is 0.311. The fraction of sp³-hybridized carbons (Fsp3) is 0.905. The number of hydrogen-bond acceptors (Lipinski definition) is 5. The number of methoxy groups -OCH3 is 1. The Morgan fingerprint density at radius 2 is 1.72 bits per heavy atom. The normalized spacial score (nSPS) is 19.6. The van der Waals surface area contributed by atoms with E-state index in [1.54, 1.807) is 7.11 Å². The van der Waals surface area contributed by atoms with Crippen molar-refractivity contribution >= 4 is 11.9 Å². The maximum Gasteiger partial charge on any atom is 0.239 e. The Kier molecular flexibility index (Phi) is 11.3. The van der Waals surface area contributed by atoms with Crippen molar-refractivity contribution in [1.82, 2.24) is 20.0 Å². The number of nitrogens with zero attached hydrogens (tertiary/aromatic N) is 4. The summed E-state index contributed by atoms with van der Waals surface area (Å²) in [7, 11) is 1.69. The first kappa shape index (κ1) is 23.9. The lowest BCUT2D eigenvalue weighted by Gasteiger charge is -2.39. The number of carbonyl (C=O) groups is 1. The van der Waals surface area contributed by atoms with Gasteiger partial charge >= 0.3 is 0 Å². The van der Waals surface area contributed by atoms with Crippen molar-refractivity contribution in [2.45, 2.75) is 45.6 Å². The summed E-state index contributed by atoms with van der Waals surface area (Å²) in [6.07, 6.45) is 4.32. The molecule has 0 spiro atoms. The molecule has 1 atom stereocenters. The van der Waals surface area contributed by atoms with Crippen molar-refractivity contribution < 1.29 is 14.3 Å². The maximum absolute atomic E-state index is 12.7. The average Bonchev–Trinajstić information content (AvgIpc) is 3.29. The molecule has 2 aliphatic heterocycles. The minimum absolute atomic E-state index is 0.0205. The molecule has 8 nitrogen and oxygen atoms in total. The van der Waals surface area contributed by atoms with Gasteiger partial charge in [0.1, 0.15) is 0 Å². The molecular weight excluding hydrogens is 370 g/mol. The summed E-state index contributed by atoms with van der Waals surface area (Å²) in [6.45, 7) is 13.4. The van der Waals surface area contributed by atoms with E-state index in [0.29, 0.717) is 19.1 Å². The Labute approximate surface area is 176 Å². The Bertz CT molecular complexity index is 489. The molecule has 1 amide bonds. The van der Waals surface area contributed by atoms with Gasteiger partial charge < -0.3 is 24.6 Å². The predicted molar refractivity (Wildman–Crippen MR) is 116 cm³/mol. The number of likely N-dealkylation sites (tertiary alicyclic amines) is 1. The molecule has 0 saturated carbocycles. The number of ether oxygens (including phenoxy) is 2. The monoisotopic (exact) mass is 411 g/mol. The highest BCUT2D eigenvalue weighted by atomic mass is 16.5. The Balaban J connectivity index is 1.71. The van der Waals surface area contributed by atoms with Crippen LogP contribution in [0.25, 0.3) is 0 Å². The van der Waals surface area contributed by atoms with Gasteiger partial charge in [-0.1, -0.05) is 0 Å². The summed E-state index contributed by atoms with van der Waals surface area (Å²) < 4.78 is 10.5. The summed E-state index contributed by atoms with van der Waals surface area (Å²) in [6, 6.07) is -0.0205. The first-order valence-electron chi connectivity index (χ1n) is 11.3. The zero-order valence-electron chi connectivity index (χ0n) is 18.7. The molecule has 0 aromatic carbocycles. The summed E-state index contributed by atoms with van der Waals surface area (Å²) in [5, 5.41) is 3.42. The second-order valence-electron chi connectivity index (χ2n) is 7.78. The largest absolute Gasteiger partial charge is 0.382 e. The van der Waals surface area contributed by atoms with Gasteiger partial charge in [0.15, 0.2) is 5.96 Å². The SMILES string of the molecule is CCNC(=NCCCCOCCOC)N1CCN(C(C)C(=O)N2CCCC2)CC1. The molecule has 168 valence electrons. The standard InChI is InChI=1S/C21H41N5O3/c1-4-22-21(23-9-5-8-16-29-18-17-28-3)26-14-12-24(13-15-26)19(2)20(27)25-10-6-7-11-25/h19H,4-18H2,1-3H3,(H,22,23). The van der Waals surface area contributed by atoms with Gasteiger partial charge in [0.2, 0.25) is 5.91 Å². The van der Waals surface area contributed by atoms with Crippen LogP contribution in [0.3, 0.4) is 0 Å². The third kappa shape index (κ3) is 8.10. The molecule has 2 fully saturated rings. The number of carbonyl (C=O) groups excluding carboxylic acids is 1. The number of hydrogen-bond donors (Lipinski definition) is 1. The summed E-state index contributed by atoms with van der Waals surface area (Å²) >= 11 is 0. The van der Waals surface area contributed by atoms with E-state index in [1.807, 2.05) is 4.90 Å². The first-order chi connectivity index (χ1) is 14.2. The van der Waals surface area contributed by atoms with E-state index in [9.17, 15) is 4.79 Å². The highest BCUT2D eigenvalue weighted by molar-refractivity contribution is 5.82. The third-order valence-electron chi connectivity index (χ3n) is 5.66. The van der Waals surface area contributed by atoms with Crippen LogP contribution in [0, 0.1) is 0 Å². The molecule has 0 radical (unpaired) electrons. The minimum atomic E-state index is -0.0205. The fourth-order valence-corrected chi connectivity index (χ4v) is 3.85. The Hall–Kier alpha value is -1.38. The number of aliphatic imine (C=N–C) groups is 1. The second kappa shape index (κ2) is 13.8. The van der Waals surface area contributed by atoms with Crippen LogP contribution in [0.1, 0.15) is 39.5 Å². The number of rotatable bonds is 11. The molecule has 1 N–H and O–H groups in total. The lowest BCUT2D eigenvalue weighted by Crippen LogP contribution is -2.57. The number of amides is 1. The highest BCUT2D eigenvalue weighted by Crippen LogP contribution is 2.14. The van der Waals surface area contributed by atoms with Gasteiger partial charge in [-0.25, -0.2) is 0 Å². The van der Waals surface area contributed by atoms with E-state index in [-0.39, 0.29) is 6.04 Å². The van der Waals surface area contributed by atoms with Crippen LogP contribution in [-0.2, 0) is 14.3 Å². The van der Waals surface area contributed by atoms with E-state index in [4.69, 9.17) is 14.5 Å². The highest BCUT2D eigenvalue weighted by Gasteiger charge is 2.30. The minimum Gasteiger partial charge on any atom is -0.382 e. The molecule has 2 saturated heterocycles. The number of nitrogens with one attached hydrogen (secondary N) is 1. The van der Waals surface area contributed by atoms with Crippen LogP contribution in [0.15, 0.2) is 4.99 Å². The maximum atomic E-state index is 12.7. The molecule has 29 heavy (non-hydrogen) atoms. The second-order valence-corrected chi connectivity index (χ2v) is 7.78. The van der Waals surface area contributed by atoms with Crippen molar-refractivity contribution in [2.75, 3.05) is 79.3 Å². The van der Waals surface area contributed by atoms with Crippen LogP contribution >= 0.6 is 0 Å². The van der Waals surface area contributed by atoms with E-state index in [0.717, 1.165) is 90.6 Å². The average molecular weight is 412 g/mol. The third-order valence-corrected chi connectivity index (χ3v) is 5.66. The van der Waals surface area contributed by atoms with Gasteiger partial charge in [-0.15, -0.1) is 0 Å².